The van der Waals surface area contributed by atoms with Crippen molar-refractivity contribution in [2.45, 2.75) is 18.9 Å². The van der Waals surface area contributed by atoms with Gasteiger partial charge in [-0.25, -0.2) is 0 Å². The molecule has 21 heavy (non-hydrogen) atoms. The van der Waals surface area contributed by atoms with Crippen molar-refractivity contribution in [3.05, 3.63) is 65.7 Å². The highest BCUT2D eigenvalue weighted by Crippen LogP contribution is 2.15. The molecular formula is C17H19NO3. The van der Waals surface area contributed by atoms with Gasteiger partial charge in [-0.2, -0.15) is 0 Å². The number of carbonyl (C=O) groups is 1. The minimum Gasteiger partial charge on any atom is -0.508 e. The van der Waals surface area contributed by atoms with Crippen LogP contribution in [0.15, 0.2) is 54.6 Å². The average Bonchev–Trinajstić information content (AvgIpc) is 2.48. The molecule has 4 nitrogen and oxygen atoms in total. The number of hydrogen-bond donors (Lipinski definition) is 3. The van der Waals surface area contributed by atoms with E-state index < -0.39 is 6.10 Å². The number of benzene rings is 2. The first-order valence-corrected chi connectivity index (χ1v) is 6.93. The molecule has 0 saturated heterocycles. The summed E-state index contributed by atoms with van der Waals surface area (Å²) in [5.41, 5.74) is 1.61. The van der Waals surface area contributed by atoms with Gasteiger partial charge in [-0.3, -0.25) is 4.79 Å². The second-order valence-electron chi connectivity index (χ2n) is 4.91. The topological polar surface area (TPSA) is 69.6 Å². The molecule has 0 saturated carbocycles. The molecule has 0 bridgehead atoms. The first kappa shape index (κ1) is 15.1. The summed E-state index contributed by atoms with van der Waals surface area (Å²) >= 11 is 0. The van der Waals surface area contributed by atoms with E-state index in [4.69, 9.17) is 0 Å². The first-order valence-electron chi connectivity index (χ1n) is 6.93. The molecule has 110 valence electrons. The fourth-order valence-corrected chi connectivity index (χ4v) is 2.10. The van der Waals surface area contributed by atoms with E-state index in [-0.39, 0.29) is 18.1 Å². The van der Waals surface area contributed by atoms with Crippen molar-refractivity contribution in [1.82, 2.24) is 5.32 Å². The average molecular weight is 285 g/mol. The normalized spacial score (nSPS) is 11.9. The van der Waals surface area contributed by atoms with Gasteiger partial charge in [0.15, 0.2) is 0 Å². The van der Waals surface area contributed by atoms with E-state index in [0.717, 1.165) is 11.1 Å². The molecule has 2 aromatic carbocycles. The zero-order valence-electron chi connectivity index (χ0n) is 11.7. The molecule has 2 rings (SSSR count). The molecule has 3 N–H and O–H groups in total. The van der Waals surface area contributed by atoms with Crippen LogP contribution in [0.25, 0.3) is 0 Å². The van der Waals surface area contributed by atoms with Gasteiger partial charge < -0.3 is 15.5 Å². The van der Waals surface area contributed by atoms with Gasteiger partial charge in [-0.05, 0) is 29.7 Å². The lowest BCUT2D eigenvalue weighted by atomic mass is 10.1. The van der Waals surface area contributed by atoms with E-state index in [1.807, 2.05) is 30.3 Å². The highest BCUT2D eigenvalue weighted by molar-refractivity contribution is 5.78. The number of carbonyl (C=O) groups excluding carboxylic acids is 1. The number of rotatable bonds is 6. The fourth-order valence-electron chi connectivity index (χ4n) is 2.10. The van der Waals surface area contributed by atoms with Gasteiger partial charge in [0, 0.05) is 6.54 Å². The number of aliphatic hydroxyl groups excluding tert-OH is 1. The maximum atomic E-state index is 11.8. The maximum Gasteiger partial charge on any atom is 0.224 e. The Bertz CT molecular complexity index is 584. The minimum absolute atomic E-state index is 0.124. The Morgan fingerprint density at radius 2 is 1.86 bits per heavy atom. The van der Waals surface area contributed by atoms with E-state index >= 15 is 0 Å². The van der Waals surface area contributed by atoms with Gasteiger partial charge in [0.05, 0.1) is 12.5 Å². The highest BCUT2D eigenvalue weighted by Gasteiger charge is 2.08. The van der Waals surface area contributed by atoms with Crippen LogP contribution in [0.5, 0.6) is 5.75 Å². The lowest BCUT2D eigenvalue weighted by Gasteiger charge is -2.11. The molecule has 1 atom stereocenters. The molecule has 0 aliphatic heterocycles. The molecule has 0 aromatic heterocycles. The Labute approximate surface area is 124 Å². The van der Waals surface area contributed by atoms with Gasteiger partial charge in [0.2, 0.25) is 5.91 Å². The number of amides is 1. The SMILES string of the molecule is O=C(Cc1cccc(O)c1)NCCC(O)c1ccccc1. The lowest BCUT2D eigenvalue weighted by Crippen LogP contribution is -2.27. The minimum atomic E-state index is -0.577. The van der Waals surface area contributed by atoms with Gasteiger partial charge in [0.25, 0.3) is 0 Å². The summed E-state index contributed by atoms with van der Waals surface area (Å²) in [5.74, 6) is 0.0284. The zero-order valence-corrected chi connectivity index (χ0v) is 11.7. The van der Waals surface area contributed by atoms with Crippen molar-refractivity contribution in [1.29, 1.82) is 0 Å². The maximum absolute atomic E-state index is 11.8. The molecule has 0 aliphatic carbocycles. The molecule has 4 heteroatoms. The predicted octanol–water partition coefficient (Wildman–Crippen LogP) is 2.17. The van der Waals surface area contributed by atoms with Crippen molar-refractivity contribution in [3.8, 4) is 5.75 Å². The number of phenols is 1. The van der Waals surface area contributed by atoms with Gasteiger partial charge >= 0.3 is 0 Å². The van der Waals surface area contributed by atoms with Crippen molar-refractivity contribution in [2.75, 3.05) is 6.54 Å². The van der Waals surface area contributed by atoms with Crippen LogP contribution in [0, 0.1) is 0 Å². The predicted molar refractivity (Wildman–Crippen MR) is 80.8 cm³/mol. The summed E-state index contributed by atoms with van der Waals surface area (Å²) < 4.78 is 0. The van der Waals surface area contributed by atoms with E-state index in [9.17, 15) is 15.0 Å². The molecule has 0 radical (unpaired) electrons. The third-order valence-electron chi connectivity index (χ3n) is 3.20. The Morgan fingerprint density at radius 3 is 2.57 bits per heavy atom. The van der Waals surface area contributed by atoms with Gasteiger partial charge in [0.1, 0.15) is 5.75 Å². The Balaban J connectivity index is 1.74. The van der Waals surface area contributed by atoms with Gasteiger partial charge in [-0.15, -0.1) is 0 Å². The van der Waals surface area contributed by atoms with Crippen molar-refractivity contribution in [2.24, 2.45) is 0 Å². The van der Waals surface area contributed by atoms with Crippen LogP contribution in [0.4, 0.5) is 0 Å². The summed E-state index contributed by atoms with van der Waals surface area (Å²) in [7, 11) is 0. The molecule has 1 amide bonds. The Hall–Kier alpha value is -2.33. The second kappa shape index (κ2) is 7.45. The van der Waals surface area contributed by atoms with E-state index in [1.54, 1.807) is 24.3 Å². The number of hydrogen-bond acceptors (Lipinski definition) is 3. The lowest BCUT2D eigenvalue weighted by molar-refractivity contribution is -0.120. The third-order valence-corrected chi connectivity index (χ3v) is 3.20. The van der Waals surface area contributed by atoms with Crippen LogP contribution in [0.2, 0.25) is 0 Å². The molecule has 2 aromatic rings. The Morgan fingerprint density at radius 1 is 1.10 bits per heavy atom. The summed E-state index contributed by atoms with van der Waals surface area (Å²) in [5, 5.41) is 22.1. The first-order chi connectivity index (χ1) is 10.1. The van der Waals surface area contributed by atoms with E-state index in [0.29, 0.717) is 13.0 Å². The van der Waals surface area contributed by atoms with Crippen LogP contribution in [0.1, 0.15) is 23.7 Å². The van der Waals surface area contributed by atoms with Crippen LogP contribution in [0.3, 0.4) is 0 Å². The number of nitrogens with one attached hydrogen (secondary N) is 1. The van der Waals surface area contributed by atoms with Crippen molar-refractivity contribution >= 4 is 5.91 Å². The van der Waals surface area contributed by atoms with Crippen LogP contribution in [-0.4, -0.2) is 22.7 Å². The largest absolute Gasteiger partial charge is 0.508 e. The standard InChI is InChI=1S/C17H19NO3/c19-15-8-4-5-13(11-15)12-17(21)18-10-9-16(20)14-6-2-1-3-7-14/h1-8,11,16,19-20H,9-10,12H2,(H,18,21). The van der Waals surface area contributed by atoms with Gasteiger partial charge in [-0.1, -0.05) is 42.5 Å². The monoisotopic (exact) mass is 285 g/mol. The number of aromatic hydroxyl groups is 1. The fraction of sp³-hybridized carbons (Fsp3) is 0.235. The second-order valence-corrected chi connectivity index (χ2v) is 4.91. The molecule has 1 unspecified atom stereocenters. The zero-order chi connectivity index (χ0) is 15.1. The molecule has 0 heterocycles. The van der Waals surface area contributed by atoms with Crippen molar-refractivity contribution < 1.29 is 15.0 Å². The van der Waals surface area contributed by atoms with Crippen LogP contribution in [-0.2, 0) is 11.2 Å². The Kier molecular flexibility index (Phi) is 5.35. The molecular weight excluding hydrogens is 266 g/mol. The number of aliphatic hydroxyl groups is 1. The quantitative estimate of drug-likeness (QED) is 0.762. The molecule has 0 aliphatic rings. The molecule has 0 fully saturated rings. The highest BCUT2D eigenvalue weighted by atomic mass is 16.3. The summed E-state index contributed by atoms with van der Waals surface area (Å²) in [6, 6.07) is 16.0. The van der Waals surface area contributed by atoms with Crippen molar-refractivity contribution in [3.63, 3.8) is 0 Å². The number of phenolic OH excluding ortho intramolecular Hbond substituents is 1. The smallest absolute Gasteiger partial charge is 0.224 e. The van der Waals surface area contributed by atoms with Crippen LogP contribution >= 0.6 is 0 Å². The summed E-state index contributed by atoms with van der Waals surface area (Å²) in [4.78, 5) is 11.8. The van der Waals surface area contributed by atoms with E-state index in [1.165, 1.54) is 0 Å². The van der Waals surface area contributed by atoms with Crippen LogP contribution < -0.4 is 5.32 Å². The van der Waals surface area contributed by atoms with E-state index in [2.05, 4.69) is 5.32 Å². The summed E-state index contributed by atoms with van der Waals surface area (Å²) in [6.07, 6.45) is 0.110. The third kappa shape index (κ3) is 4.93. The molecule has 0 spiro atoms. The summed E-state index contributed by atoms with van der Waals surface area (Å²) in [6.45, 7) is 0.410.